The SMILES string of the molecule is CCNC(C)CC(C)N1CCCN(C)CC1C. The Hall–Kier alpha value is -0.120. The van der Waals surface area contributed by atoms with Crippen LogP contribution in [0.5, 0.6) is 0 Å². The van der Waals surface area contributed by atoms with Crippen LogP contribution in [0.3, 0.4) is 0 Å². The van der Waals surface area contributed by atoms with E-state index < -0.39 is 0 Å². The highest BCUT2D eigenvalue weighted by Gasteiger charge is 2.24. The third-order valence-electron chi connectivity index (χ3n) is 3.91. The predicted octanol–water partition coefficient (Wildman–Crippen LogP) is 1.79. The van der Waals surface area contributed by atoms with Crippen molar-refractivity contribution >= 4 is 0 Å². The van der Waals surface area contributed by atoms with E-state index in [1.54, 1.807) is 0 Å². The third-order valence-corrected chi connectivity index (χ3v) is 3.91. The highest BCUT2D eigenvalue weighted by atomic mass is 15.2. The molecule has 102 valence electrons. The van der Waals surface area contributed by atoms with Gasteiger partial charge in [-0.3, -0.25) is 4.90 Å². The van der Waals surface area contributed by atoms with Crippen LogP contribution >= 0.6 is 0 Å². The summed E-state index contributed by atoms with van der Waals surface area (Å²) in [4.78, 5) is 5.16. The summed E-state index contributed by atoms with van der Waals surface area (Å²) in [6, 6.07) is 2.00. The molecule has 3 unspecified atom stereocenters. The zero-order valence-corrected chi connectivity index (χ0v) is 12.4. The molecule has 3 nitrogen and oxygen atoms in total. The number of nitrogens with zero attached hydrogens (tertiary/aromatic N) is 2. The Morgan fingerprint density at radius 2 is 2.00 bits per heavy atom. The second kappa shape index (κ2) is 7.34. The second-order valence-corrected chi connectivity index (χ2v) is 5.75. The van der Waals surface area contributed by atoms with E-state index in [2.05, 4.69) is 49.9 Å². The molecule has 0 amide bonds. The van der Waals surface area contributed by atoms with Gasteiger partial charge in [-0.15, -0.1) is 0 Å². The van der Waals surface area contributed by atoms with Crippen molar-refractivity contribution in [2.24, 2.45) is 0 Å². The first-order chi connectivity index (χ1) is 8.04. The molecule has 17 heavy (non-hydrogen) atoms. The van der Waals surface area contributed by atoms with Gasteiger partial charge in [-0.1, -0.05) is 6.92 Å². The molecule has 0 aliphatic carbocycles. The summed E-state index contributed by atoms with van der Waals surface area (Å²) in [5, 5.41) is 3.52. The minimum absolute atomic E-state index is 0.628. The lowest BCUT2D eigenvalue weighted by Crippen LogP contribution is -2.45. The van der Waals surface area contributed by atoms with Gasteiger partial charge in [0.25, 0.3) is 0 Å². The van der Waals surface area contributed by atoms with Crippen molar-refractivity contribution in [1.29, 1.82) is 0 Å². The average molecular weight is 241 g/mol. The molecule has 0 spiro atoms. The maximum atomic E-state index is 3.52. The Morgan fingerprint density at radius 1 is 1.29 bits per heavy atom. The van der Waals surface area contributed by atoms with E-state index in [9.17, 15) is 0 Å². The molecular formula is C14H31N3. The van der Waals surface area contributed by atoms with Gasteiger partial charge in [0.05, 0.1) is 0 Å². The lowest BCUT2D eigenvalue weighted by molar-refractivity contribution is 0.139. The van der Waals surface area contributed by atoms with E-state index in [0.29, 0.717) is 18.1 Å². The van der Waals surface area contributed by atoms with E-state index in [-0.39, 0.29) is 0 Å². The lowest BCUT2D eigenvalue weighted by Gasteiger charge is -2.35. The third kappa shape index (κ3) is 4.94. The molecule has 1 saturated heterocycles. The fourth-order valence-electron chi connectivity index (χ4n) is 3.12. The van der Waals surface area contributed by atoms with Gasteiger partial charge in [0.15, 0.2) is 0 Å². The van der Waals surface area contributed by atoms with Crippen LogP contribution in [-0.4, -0.2) is 61.2 Å². The molecule has 0 aromatic heterocycles. The maximum absolute atomic E-state index is 3.52. The van der Waals surface area contributed by atoms with Crippen LogP contribution in [0.4, 0.5) is 0 Å². The first-order valence-corrected chi connectivity index (χ1v) is 7.22. The summed E-state index contributed by atoms with van der Waals surface area (Å²) in [6.45, 7) is 14.0. The molecule has 1 fully saturated rings. The topological polar surface area (TPSA) is 18.5 Å². The fourth-order valence-corrected chi connectivity index (χ4v) is 3.12. The zero-order chi connectivity index (χ0) is 12.8. The van der Waals surface area contributed by atoms with Crippen LogP contribution in [-0.2, 0) is 0 Å². The molecular weight excluding hydrogens is 210 g/mol. The van der Waals surface area contributed by atoms with E-state index in [4.69, 9.17) is 0 Å². The Bertz CT molecular complexity index is 208. The smallest absolute Gasteiger partial charge is 0.0197 e. The summed E-state index contributed by atoms with van der Waals surface area (Å²) >= 11 is 0. The summed E-state index contributed by atoms with van der Waals surface area (Å²) in [7, 11) is 2.24. The van der Waals surface area contributed by atoms with Gasteiger partial charge in [0.1, 0.15) is 0 Å². The van der Waals surface area contributed by atoms with E-state index >= 15 is 0 Å². The highest BCUT2D eigenvalue weighted by molar-refractivity contribution is 4.81. The molecule has 1 aliphatic rings. The summed E-state index contributed by atoms with van der Waals surface area (Å²) in [5.74, 6) is 0. The minimum atomic E-state index is 0.628. The van der Waals surface area contributed by atoms with E-state index in [1.165, 1.54) is 32.5 Å². The molecule has 0 aromatic rings. The van der Waals surface area contributed by atoms with Gasteiger partial charge in [-0.05, 0) is 60.3 Å². The molecule has 1 N–H and O–H groups in total. The van der Waals surface area contributed by atoms with Crippen LogP contribution in [0.15, 0.2) is 0 Å². The van der Waals surface area contributed by atoms with Gasteiger partial charge in [-0.25, -0.2) is 0 Å². The van der Waals surface area contributed by atoms with Crippen molar-refractivity contribution in [2.75, 3.05) is 33.2 Å². The van der Waals surface area contributed by atoms with Crippen molar-refractivity contribution < 1.29 is 0 Å². The number of hydrogen-bond donors (Lipinski definition) is 1. The normalized spacial score (nSPS) is 27.7. The summed E-state index contributed by atoms with van der Waals surface area (Å²) in [5.41, 5.74) is 0. The molecule has 1 aliphatic heterocycles. The van der Waals surface area contributed by atoms with Crippen LogP contribution in [0.25, 0.3) is 0 Å². The molecule has 3 atom stereocenters. The molecule has 1 rings (SSSR count). The summed E-state index contributed by atoms with van der Waals surface area (Å²) in [6.07, 6.45) is 2.56. The quantitative estimate of drug-likeness (QED) is 0.792. The molecule has 0 radical (unpaired) electrons. The van der Waals surface area contributed by atoms with E-state index in [0.717, 1.165) is 6.54 Å². The highest BCUT2D eigenvalue weighted by Crippen LogP contribution is 2.15. The number of likely N-dealkylation sites (N-methyl/N-ethyl adjacent to an activating group) is 1. The first kappa shape index (κ1) is 14.9. The first-order valence-electron chi connectivity index (χ1n) is 7.22. The van der Waals surface area contributed by atoms with Crippen molar-refractivity contribution in [1.82, 2.24) is 15.1 Å². The largest absolute Gasteiger partial charge is 0.314 e. The molecule has 0 saturated carbocycles. The molecule has 3 heteroatoms. The Labute approximate surface area is 108 Å². The minimum Gasteiger partial charge on any atom is -0.314 e. The molecule has 0 aromatic carbocycles. The van der Waals surface area contributed by atoms with Crippen LogP contribution < -0.4 is 5.32 Å². The van der Waals surface area contributed by atoms with Crippen molar-refractivity contribution in [3.8, 4) is 0 Å². The molecule has 0 bridgehead atoms. The average Bonchev–Trinajstić information content (AvgIpc) is 2.39. The standard InChI is InChI=1S/C14H31N3/c1-6-15-12(2)10-13(3)17-9-7-8-16(5)11-14(17)4/h12-15H,6-11H2,1-5H3. The second-order valence-electron chi connectivity index (χ2n) is 5.75. The van der Waals surface area contributed by atoms with Crippen molar-refractivity contribution in [3.05, 3.63) is 0 Å². The van der Waals surface area contributed by atoms with Crippen molar-refractivity contribution in [3.63, 3.8) is 0 Å². The Morgan fingerprint density at radius 3 is 2.65 bits per heavy atom. The monoisotopic (exact) mass is 241 g/mol. The Balaban J connectivity index is 2.46. The Kier molecular flexibility index (Phi) is 6.45. The van der Waals surface area contributed by atoms with E-state index in [1.807, 2.05) is 0 Å². The van der Waals surface area contributed by atoms with Gasteiger partial charge in [0, 0.05) is 24.7 Å². The predicted molar refractivity (Wildman–Crippen MR) is 75.5 cm³/mol. The van der Waals surface area contributed by atoms with Gasteiger partial charge in [0.2, 0.25) is 0 Å². The zero-order valence-electron chi connectivity index (χ0n) is 12.4. The number of rotatable bonds is 5. The van der Waals surface area contributed by atoms with Gasteiger partial charge < -0.3 is 10.2 Å². The molecule has 1 heterocycles. The maximum Gasteiger partial charge on any atom is 0.0197 e. The van der Waals surface area contributed by atoms with Crippen molar-refractivity contribution in [2.45, 2.75) is 58.7 Å². The van der Waals surface area contributed by atoms with Crippen LogP contribution in [0.2, 0.25) is 0 Å². The van der Waals surface area contributed by atoms with Crippen LogP contribution in [0, 0.1) is 0 Å². The van der Waals surface area contributed by atoms with Gasteiger partial charge >= 0.3 is 0 Å². The number of nitrogens with one attached hydrogen (secondary N) is 1. The van der Waals surface area contributed by atoms with Gasteiger partial charge in [-0.2, -0.15) is 0 Å². The lowest BCUT2D eigenvalue weighted by atomic mass is 10.1. The fraction of sp³-hybridized carbons (Fsp3) is 1.00. The summed E-state index contributed by atoms with van der Waals surface area (Å²) < 4.78 is 0. The number of hydrogen-bond acceptors (Lipinski definition) is 3. The van der Waals surface area contributed by atoms with Crippen LogP contribution in [0.1, 0.15) is 40.5 Å².